The van der Waals surface area contributed by atoms with Gasteiger partial charge in [-0.2, -0.15) is 0 Å². The molecule has 0 atom stereocenters. The average molecular weight is 209 g/mol. The van der Waals surface area contributed by atoms with E-state index >= 15 is 0 Å². The Hall–Kier alpha value is -1.40. The van der Waals surface area contributed by atoms with Crippen molar-refractivity contribution in [3.63, 3.8) is 0 Å². The molecule has 1 aromatic heterocycles. The van der Waals surface area contributed by atoms with E-state index in [1.54, 1.807) is 6.07 Å². The molecule has 5 N–H and O–H groups in total. The summed E-state index contributed by atoms with van der Waals surface area (Å²) in [6.07, 6.45) is 2.29. The van der Waals surface area contributed by atoms with Crippen molar-refractivity contribution in [2.45, 2.75) is 18.8 Å². The Bertz CT molecular complexity index is 339. The molecule has 0 radical (unpaired) electrons. The topological polar surface area (TPSA) is 96.1 Å². The Kier molecular flexibility index (Phi) is 2.98. The number of rotatable bonds is 5. The Morgan fingerprint density at radius 3 is 2.73 bits per heavy atom. The highest BCUT2D eigenvalue weighted by Gasteiger charge is 2.27. The minimum Gasteiger partial charge on any atom is -0.395 e. The van der Waals surface area contributed by atoms with Crippen LogP contribution in [0.5, 0.6) is 0 Å². The molecule has 1 fully saturated rings. The van der Waals surface area contributed by atoms with Gasteiger partial charge in [-0.1, -0.05) is 0 Å². The quantitative estimate of drug-likeness (QED) is 0.404. The third kappa shape index (κ3) is 2.54. The molecule has 6 nitrogen and oxygen atoms in total. The van der Waals surface area contributed by atoms with Gasteiger partial charge in [0.05, 0.1) is 6.61 Å². The summed E-state index contributed by atoms with van der Waals surface area (Å²) < 4.78 is 0. The minimum absolute atomic E-state index is 0.0775. The third-order valence-electron chi connectivity index (χ3n) is 2.25. The number of hydrogen-bond acceptors (Lipinski definition) is 6. The van der Waals surface area contributed by atoms with Gasteiger partial charge in [-0.05, 0) is 12.8 Å². The molecule has 1 aliphatic rings. The van der Waals surface area contributed by atoms with Crippen molar-refractivity contribution in [1.29, 1.82) is 0 Å². The van der Waals surface area contributed by atoms with E-state index < -0.39 is 0 Å². The molecule has 1 saturated carbocycles. The van der Waals surface area contributed by atoms with Crippen LogP contribution in [0.4, 0.5) is 11.6 Å². The molecule has 1 aromatic rings. The second-order valence-electron chi connectivity index (χ2n) is 3.57. The highest BCUT2D eigenvalue weighted by atomic mass is 16.3. The molecule has 0 bridgehead atoms. The van der Waals surface area contributed by atoms with Crippen LogP contribution in [0.15, 0.2) is 6.07 Å². The Labute approximate surface area is 87.9 Å². The van der Waals surface area contributed by atoms with Crippen LogP contribution >= 0.6 is 0 Å². The normalized spacial score (nSPS) is 15.1. The van der Waals surface area contributed by atoms with Crippen LogP contribution in [0, 0.1) is 0 Å². The number of nitrogens with one attached hydrogen (secondary N) is 2. The minimum atomic E-state index is 0.0775. The number of aromatic nitrogens is 2. The maximum atomic E-state index is 8.70. The summed E-state index contributed by atoms with van der Waals surface area (Å²) in [5.74, 6) is 7.93. The number of anilines is 2. The molecule has 15 heavy (non-hydrogen) atoms. The van der Waals surface area contributed by atoms with Crippen molar-refractivity contribution in [3.8, 4) is 0 Å². The third-order valence-corrected chi connectivity index (χ3v) is 2.25. The molecule has 0 unspecified atom stereocenters. The van der Waals surface area contributed by atoms with E-state index in [-0.39, 0.29) is 6.61 Å². The predicted octanol–water partition coefficient (Wildman–Crippen LogP) is 0.0438. The zero-order valence-corrected chi connectivity index (χ0v) is 8.40. The van der Waals surface area contributed by atoms with E-state index in [9.17, 15) is 0 Å². The lowest BCUT2D eigenvalue weighted by atomic mass is 10.4. The molecule has 0 amide bonds. The van der Waals surface area contributed by atoms with Gasteiger partial charge in [0, 0.05) is 18.5 Å². The van der Waals surface area contributed by atoms with E-state index in [2.05, 4.69) is 20.7 Å². The molecule has 0 aromatic carbocycles. The lowest BCUT2D eigenvalue weighted by Gasteiger charge is -2.08. The first-order valence-corrected chi connectivity index (χ1v) is 5.04. The van der Waals surface area contributed by atoms with Crippen molar-refractivity contribution < 1.29 is 5.11 Å². The molecule has 2 rings (SSSR count). The molecule has 6 heteroatoms. The van der Waals surface area contributed by atoms with Crippen molar-refractivity contribution in [2.24, 2.45) is 5.84 Å². The van der Waals surface area contributed by atoms with Gasteiger partial charge in [0.1, 0.15) is 17.5 Å². The van der Waals surface area contributed by atoms with Crippen LogP contribution in [-0.2, 0) is 0 Å². The summed E-state index contributed by atoms with van der Waals surface area (Å²) in [6, 6.07) is 1.72. The highest BCUT2D eigenvalue weighted by molar-refractivity contribution is 5.47. The Morgan fingerprint density at radius 2 is 2.13 bits per heavy atom. The average Bonchev–Trinajstić information content (AvgIpc) is 3.09. The SMILES string of the molecule is NNc1cc(NCCO)nc(C2CC2)n1. The summed E-state index contributed by atoms with van der Waals surface area (Å²) in [4.78, 5) is 8.62. The predicted molar refractivity (Wildman–Crippen MR) is 57.4 cm³/mol. The standard InChI is InChI=1S/C9H15N5O/c10-14-8-5-7(11-3-4-15)12-9(13-8)6-1-2-6/h5-6,15H,1-4,10H2,(H2,11,12,13,14). The van der Waals surface area contributed by atoms with Gasteiger partial charge < -0.3 is 15.8 Å². The first kappa shape index (κ1) is 10.1. The molecule has 82 valence electrons. The first-order chi connectivity index (χ1) is 7.33. The number of nitrogen functional groups attached to an aromatic ring is 1. The summed E-state index contributed by atoms with van der Waals surface area (Å²) in [5.41, 5.74) is 2.51. The number of aliphatic hydroxyl groups is 1. The van der Waals surface area contributed by atoms with Crippen LogP contribution < -0.4 is 16.6 Å². The molecule has 1 heterocycles. The fourth-order valence-corrected chi connectivity index (χ4v) is 1.34. The van der Waals surface area contributed by atoms with Crippen LogP contribution in [-0.4, -0.2) is 28.2 Å². The van der Waals surface area contributed by atoms with Crippen molar-refractivity contribution in [1.82, 2.24) is 9.97 Å². The van der Waals surface area contributed by atoms with Crippen molar-refractivity contribution in [3.05, 3.63) is 11.9 Å². The second-order valence-corrected chi connectivity index (χ2v) is 3.57. The number of aliphatic hydroxyl groups excluding tert-OH is 1. The summed E-state index contributed by atoms with van der Waals surface area (Å²) in [5, 5.41) is 11.7. The fourth-order valence-electron chi connectivity index (χ4n) is 1.34. The summed E-state index contributed by atoms with van der Waals surface area (Å²) in [7, 11) is 0. The maximum Gasteiger partial charge on any atom is 0.145 e. The number of hydrazine groups is 1. The number of nitrogens with zero attached hydrogens (tertiary/aromatic N) is 2. The zero-order chi connectivity index (χ0) is 10.7. The Balaban J connectivity index is 2.16. The van der Waals surface area contributed by atoms with Gasteiger partial charge in [-0.15, -0.1) is 0 Å². The van der Waals surface area contributed by atoms with E-state index in [1.165, 1.54) is 0 Å². The van der Waals surface area contributed by atoms with Gasteiger partial charge in [0.15, 0.2) is 0 Å². The summed E-state index contributed by atoms with van der Waals surface area (Å²) in [6.45, 7) is 0.555. The monoisotopic (exact) mass is 209 g/mol. The lowest BCUT2D eigenvalue weighted by molar-refractivity contribution is 0.311. The van der Waals surface area contributed by atoms with Crippen LogP contribution in [0.2, 0.25) is 0 Å². The highest BCUT2D eigenvalue weighted by Crippen LogP contribution is 2.38. The van der Waals surface area contributed by atoms with E-state index in [0.29, 0.717) is 24.1 Å². The second kappa shape index (κ2) is 4.41. The molecule has 0 aliphatic heterocycles. The van der Waals surface area contributed by atoms with Gasteiger partial charge in [-0.25, -0.2) is 15.8 Å². The van der Waals surface area contributed by atoms with Gasteiger partial charge in [0.2, 0.25) is 0 Å². The lowest BCUT2D eigenvalue weighted by Crippen LogP contribution is -2.13. The molecular weight excluding hydrogens is 194 g/mol. The van der Waals surface area contributed by atoms with E-state index in [4.69, 9.17) is 10.9 Å². The van der Waals surface area contributed by atoms with Gasteiger partial charge in [-0.3, -0.25) is 0 Å². The molecule has 0 spiro atoms. The smallest absolute Gasteiger partial charge is 0.145 e. The van der Waals surface area contributed by atoms with Crippen molar-refractivity contribution >= 4 is 11.6 Å². The van der Waals surface area contributed by atoms with Crippen molar-refractivity contribution in [2.75, 3.05) is 23.9 Å². The maximum absolute atomic E-state index is 8.70. The molecular formula is C9H15N5O. The van der Waals surface area contributed by atoms with Crippen LogP contribution in [0.3, 0.4) is 0 Å². The van der Waals surface area contributed by atoms with E-state index in [1.807, 2.05) is 0 Å². The molecule has 1 aliphatic carbocycles. The largest absolute Gasteiger partial charge is 0.395 e. The fraction of sp³-hybridized carbons (Fsp3) is 0.556. The number of nitrogens with two attached hydrogens (primary N) is 1. The van der Waals surface area contributed by atoms with Crippen LogP contribution in [0.1, 0.15) is 24.6 Å². The van der Waals surface area contributed by atoms with Gasteiger partial charge >= 0.3 is 0 Å². The van der Waals surface area contributed by atoms with Crippen LogP contribution in [0.25, 0.3) is 0 Å². The van der Waals surface area contributed by atoms with Gasteiger partial charge in [0.25, 0.3) is 0 Å². The molecule has 0 saturated heterocycles. The number of hydrogen-bond donors (Lipinski definition) is 4. The zero-order valence-electron chi connectivity index (χ0n) is 8.40. The van der Waals surface area contributed by atoms with E-state index in [0.717, 1.165) is 18.7 Å². The summed E-state index contributed by atoms with van der Waals surface area (Å²) >= 11 is 0. The first-order valence-electron chi connectivity index (χ1n) is 5.04. The Morgan fingerprint density at radius 1 is 1.40 bits per heavy atom.